The fourth-order valence-electron chi connectivity index (χ4n) is 6.63. The quantitative estimate of drug-likeness (QED) is 0.339. The molecule has 3 aliphatic rings. The number of rotatable bonds is 10. The number of piperidine rings is 2. The van der Waals surface area contributed by atoms with Gasteiger partial charge in [0.2, 0.25) is 5.91 Å². The summed E-state index contributed by atoms with van der Waals surface area (Å²) >= 11 is 0. The first-order valence-electron chi connectivity index (χ1n) is 15.7. The van der Waals surface area contributed by atoms with Gasteiger partial charge in [-0.2, -0.15) is 0 Å². The molecule has 228 valence electrons. The smallest absolute Gasteiger partial charge is 0.255 e. The van der Waals surface area contributed by atoms with Gasteiger partial charge < -0.3 is 24.6 Å². The molecule has 2 saturated heterocycles. The van der Waals surface area contributed by atoms with Crippen molar-refractivity contribution in [1.29, 1.82) is 0 Å². The second-order valence-electron chi connectivity index (χ2n) is 12.2. The third kappa shape index (κ3) is 7.84. The number of benzene rings is 2. The number of carbonyl (C=O) groups excluding carboxylic acids is 3. The Labute approximate surface area is 255 Å². The van der Waals surface area contributed by atoms with Crippen LogP contribution in [0.5, 0.6) is 5.75 Å². The first kappa shape index (κ1) is 30.8. The van der Waals surface area contributed by atoms with Crippen molar-refractivity contribution in [3.8, 4) is 17.6 Å². The highest BCUT2D eigenvalue weighted by molar-refractivity contribution is 6.01. The van der Waals surface area contributed by atoms with Crippen LogP contribution in [0.25, 0.3) is 0 Å². The molecule has 2 aromatic carbocycles. The van der Waals surface area contributed by atoms with Gasteiger partial charge in [-0.25, -0.2) is 0 Å². The summed E-state index contributed by atoms with van der Waals surface area (Å²) in [6, 6.07) is 13.7. The molecule has 0 aromatic heterocycles. The van der Waals surface area contributed by atoms with E-state index in [4.69, 9.17) is 4.74 Å². The lowest BCUT2D eigenvalue weighted by atomic mass is 9.89. The predicted molar refractivity (Wildman–Crippen MR) is 167 cm³/mol. The normalized spacial score (nSPS) is 20.2. The minimum Gasteiger partial charge on any atom is -0.493 e. The fourth-order valence-corrected chi connectivity index (χ4v) is 6.63. The Balaban J connectivity index is 1.09. The molecule has 8 nitrogen and oxygen atoms in total. The molecular formula is C35H44N4O4. The van der Waals surface area contributed by atoms with Crippen molar-refractivity contribution in [3.05, 3.63) is 64.7 Å². The molecule has 0 aliphatic carbocycles. The lowest BCUT2D eigenvalue weighted by Gasteiger charge is -2.31. The van der Waals surface area contributed by atoms with Crippen LogP contribution in [0.15, 0.2) is 42.5 Å². The number of nitrogens with zero attached hydrogens (tertiary/aromatic N) is 3. The van der Waals surface area contributed by atoms with E-state index >= 15 is 0 Å². The minimum atomic E-state index is -0.660. The van der Waals surface area contributed by atoms with Gasteiger partial charge in [-0.3, -0.25) is 14.5 Å². The standard InChI is InChI=1S/C35H44N4O4/c1-36-34(41)33(8-5-21-40)39-24-30-22-26(9-14-32(30)35(39)42)6-4-18-38-19-15-29(16-20-38)28-10-12-31(13-11-28)43-25-27-7-3-17-37(2)23-27/h9-14,21-22,27,29,33H,3,5,7-8,15-20,23-25H2,1-2H3,(H,36,41). The second-order valence-corrected chi connectivity index (χ2v) is 12.2. The molecule has 5 rings (SSSR count). The molecule has 2 atom stereocenters. The highest BCUT2D eigenvalue weighted by Gasteiger charge is 2.35. The van der Waals surface area contributed by atoms with Crippen LogP contribution >= 0.6 is 0 Å². The van der Waals surface area contributed by atoms with Crippen molar-refractivity contribution in [2.75, 3.05) is 53.4 Å². The summed E-state index contributed by atoms with van der Waals surface area (Å²) in [5.41, 5.74) is 3.73. The maximum absolute atomic E-state index is 13.0. The number of likely N-dealkylation sites (tertiary alicyclic amines) is 2. The van der Waals surface area contributed by atoms with Gasteiger partial charge in [0, 0.05) is 43.6 Å². The Hall–Kier alpha value is -3.67. The third-order valence-electron chi connectivity index (χ3n) is 9.10. The zero-order valence-electron chi connectivity index (χ0n) is 25.5. The maximum Gasteiger partial charge on any atom is 0.255 e. The Morgan fingerprint density at radius 3 is 2.63 bits per heavy atom. The summed E-state index contributed by atoms with van der Waals surface area (Å²) in [4.78, 5) is 42.7. The highest BCUT2D eigenvalue weighted by Crippen LogP contribution is 2.30. The zero-order valence-corrected chi connectivity index (χ0v) is 25.5. The topological polar surface area (TPSA) is 82.2 Å². The zero-order chi connectivity index (χ0) is 30.2. The molecule has 2 aromatic rings. The van der Waals surface area contributed by atoms with Gasteiger partial charge in [0.25, 0.3) is 5.91 Å². The molecule has 8 heteroatoms. The van der Waals surface area contributed by atoms with Crippen LogP contribution in [0.3, 0.4) is 0 Å². The Kier molecular flexibility index (Phi) is 10.5. The first-order chi connectivity index (χ1) is 20.9. The van der Waals surface area contributed by atoms with Crippen molar-refractivity contribution in [2.45, 2.75) is 57.0 Å². The number of hydrogen-bond acceptors (Lipinski definition) is 6. The van der Waals surface area contributed by atoms with E-state index in [0.717, 1.165) is 62.2 Å². The number of ether oxygens (including phenoxy) is 1. The SMILES string of the molecule is CNC(=O)C(CCC=O)N1Cc2cc(C#CCN3CCC(c4ccc(OCC5CCCN(C)C5)cc4)CC3)ccc2C1=O. The van der Waals surface area contributed by atoms with E-state index in [1.165, 1.54) is 24.9 Å². The van der Waals surface area contributed by atoms with Gasteiger partial charge in [-0.15, -0.1) is 0 Å². The molecule has 2 fully saturated rings. The molecule has 0 radical (unpaired) electrons. The highest BCUT2D eigenvalue weighted by atomic mass is 16.5. The number of carbonyl (C=O) groups is 3. The van der Waals surface area contributed by atoms with Crippen molar-refractivity contribution in [3.63, 3.8) is 0 Å². The van der Waals surface area contributed by atoms with Crippen LogP contribution in [0.1, 0.15) is 71.5 Å². The van der Waals surface area contributed by atoms with Crippen LogP contribution < -0.4 is 10.1 Å². The summed E-state index contributed by atoms with van der Waals surface area (Å²) in [7, 11) is 3.74. The number of fused-ring (bicyclic) bond motifs is 1. The van der Waals surface area contributed by atoms with E-state index in [1.807, 2.05) is 12.1 Å². The predicted octanol–water partition coefficient (Wildman–Crippen LogP) is 3.69. The molecular weight excluding hydrogens is 540 g/mol. The molecule has 2 unspecified atom stereocenters. The summed E-state index contributed by atoms with van der Waals surface area (Å²) in [5, 5.41) is 2.62. The average Bonchev–Trinajstić information content (AvgIpc) is 3.35. The number of likely N-dealkylation sites (N-methyl/N-ethyl adjacent to an activating group) is 1. The monoisotopic (exact) mass is 584 g/mol. The van der Waals surface area contributed by atoms with Gasteiger partial charge in [-0.1, -0.05) is 24.0 Å². The van der Waals surface area contributed by atoms with E-state index in [1.54, 1.807) is 18.0 Å². The van der Waals surface area contributed by atoms with Crippen LogP contribution in [-0.2, 0) is 16.1 Å². The van der Waals surface area contributed by atoms with Gasteiger partial charge >= 0.3 is 0 Å². The molecule has 1 N–H and O–H groups in total. The van der Waals surface area contributed by atoms with Gasteiger partial charge in [-0.05, 0) is 106 Å². The summed E-state index contributed by atoms with van der Waals surface area (Å²) in [6.45, 7) is 6.21. The molecule has 3 heterocycles. The molecule has 2 amide bonds. The van der Waals surface area contributed by atoms with Gasteiger partial charge in [0.15, 0.2) is 0 Å². The van der Waals surface area contributed by atoms with E-state index in [9.17, 15) is 14.4 Å². The molecule has 0 bridgehead atoms. The second kappa shape index (κ2) is 14.7. The summed E-state index contributed by atoms with van der Waals surface area (Å²) in [5.74, 6) is 8.32. The lowest BCUT2D eigenvalue weighted by Crippen LogP contribution is -2.46. The van der Waals surface area contributed by atoms with Crippen molar-refractivity contribution in [2.24, 2.45) is 5.92 Å². The number of amides is 2. The largest absolute Gasteiger partial charge is 0.493 e. The van der Waals surface area contributed by atoms with Crippen molar-refractivity contribution >= 4 is 18.1 Å². The van der Waals surface area contributed by atoms with E-state index in [-0.39, 0.29) is 18.2 Å². The Morgan fingerprint density at radius 2 is 1.91 bits per heavy atom. The molecule has 0 saturated carbocycles. The van der Waals surface area contributed by atoms with Crippen LogP contribution in [0.4, 0.5) is 0 Å². The summed E-state index contributed by atoms with van der Waals surface area (Å²) < 4.78 is 6.11. The Morgan fingerprint density at radius 1 is 1.12 bits per heavy atom. The molecule has 0 spiro atoms. The van der Waals surface area contributed by atoms with Gasteiger partial charge in [0.05, 0.1) is 13.2 Å². The van der Waals surface area contributed by atoms with E-state index in [0.29, 0.717) is 36.9 Å². The third-order valence-corrected chi connectivity index (χ3v) is 9.10. The van der Waals surface area contributed by atoms with Crippen LogP contribution in [0, 0.1) is 17.8 Å². The lowest BCUT2D eigenvalue weighted by molar-refractivity contribution is -0.125. The Bertz CT molecular complexity index is 1340. The van der Waals surface area contributed by atoms with Crippen molar-refractivity contribution < 1.29 is 19.1 Å². The number of hydrogen-bond donors (Lipinski definition) is 1. The molecule has 43 heavy (non-hydrogen) atoms. The van der Waals surface area contributed by atoms with Crippen molar-refractivity contribution in [1.82, 2.24) is 20.0 Å². The number of nitrogens with one attached hydrogen (secondary N) is 1. The van der Waals surface area contributed by atoms with Crippen LogP contribution in [0.2, 0.25) is 0 Å². The summed E-state index contributed by atoms with van der Waals surface area (Å²) in [6.07, 6.45) is 6.06. The maximum atomic E-state index is 13.0. The number of aldehydes is 1. The van der Waals surface area contributed by atoms with E-state index in [2.05, 4.69) is 58.3 Å². The minimum absolute atomic E-state index is 0.175. The average molecular weight is 585 g/mol. The fraction of sp³-hybridized carbons (Fsp3) is 0.514. The van der Waals surface area contributed by atoms with E-state index < -0.39 is 6.04 Å². The first-order valence-corrected chi connectivity index (χ1v) is 15.7. The molecule has 3 aliphatic heterocycles. The van der Waals surface area contributed by atoms with Gasteiger partial charge in [0.1, 0.15) is 18.1 Å². The van der Waals surface area contributed by atoms with Crippen LogP contribution in [-0.4, -0.2) is 92.3 Å².